The highest BCUT2D eigenvalue weighted by atomic mass is 79.9. The number of aryl methyl sites for hydroxylation is 1. The van der Waals surface area contributed by atoms with Crippen LogP contribution >= 0.6 is 27.3 Å². The summed E-state index contributed by atoms with van der Waals surface area (Å²) in [6.07, 6.45) is 0. The summed E-state index contributed by atoms with van der Waals surface area (Å²) in [5.74, 6) is -0.180. The van der Waals surface area contributed by atoms with Gasteiger partial charge in [0.2, 0.25) is 0 Å². The lowest BCUT2D eigenvalue weighted by Gasteiger charge is -2.18. The van der Waals surface area contributed by atoms with Crippen LogP contribution in [-0.4, -0.2) is 6.54 Å². The Kier molecular flexibility index (Phi) is 4.54. The Morgan fingerprint density at radius 2 is 2.17 bits per heavy atom. The molecule has 0 saturated heterocycles. The highest BCUT2D eigenvalue weighted by Gasteiger charge is 2.18. The van der Waals surface area contributed by atoms with Crippen LogP contribution in [0.1, 0.15) is 29.0 Å². The molecular weight excluding hydrogens is 313 g/mol. The molecule has 0 aliphatic carbocycles. The van der Waals surface area contributed by atoms with Gasteiger partial charge in [-0.25, -0.2) is 4.39 Å². The number of halogens is 2. The molecule has 1 unspecified atom stereocenters. The average molecular weight is 328 g/mol. The minimum Gasteiger partial charge on any atom is -0.306 e. The second kappa shape index (κ2) is 5.95. The Hall–Kier alpha value is -0.710. The van der Waals surface area contributed by atoms with Gasteiger partial charge in [0.25, 0.3) is 0 Å². The average Bonchev–Trinajstić information content (AvgIpc) is 2.71. The quantitative estimate of drug-likeness (QED) is 0.861. The molecule has 2 aromatic rings. The Morgan fingerprint density at radius 1 is 1.39 bits per heavy atom. The van der Waals surface area contributed by atoms with Crippen LogP contribution in [0.5, 0.6) is 0 Å². The lowest BCUT2D eigenvalue weighted by Crippen LogP contribution is -2.21. The third-order valence-electron chi connectivity index (χ3n) is 2.71. The van der Waals surface area contributed by atoms with Crippen molar-refractivity contribution in [2.45, 2.75) is 19.9 Å². The number of thiophene rings is 1. The van der Waals surface area contributed by atoms with Gasteiger partial charge >= 0.3 is 0 Å². The molecule has 1 aromatic carbocycles. The zero-order valence-corrected chi connectivity index (χ0v) is 12.7. The maximum atomic E-state index is 13.5. The number of rotatable bonds is 4. The zero-order valence-electron chi connectivity index (χ0n) is 10.3. The molecule has 1 nitrogen and oxygen atoms in total. The van der Waals surface area contributed by atoms with Crippen LogP contribution in [-0.2, 0) is 0 Å². The first-order valence-corrected chi connectivity index (χ1v) is 7.52. The van der Waals surface area contributed by atoms with Crippen molar-refractivity contribution in [1.82, 2.24) is 5.32 Å². The summed E-state index contributed by atoms with van der Waals surface area (Å²) in [7, 11) is 0. The fourth-order valence-electron chi connectivity index (χ4n) is 2.01. The van der Waals surface area contributed by atoms with Gasteiger partial charge in [-0.3, -0.25) is 0 Å². The summed E-state index contributed by atoms with van der Waals surface area (Å²) >= 11 is 5.22. The Labute approximate surface area is 119 Å². The smallest absolute Gasteiger partial charge is 0.123 e. The van der Waals surface area contributed by atoms with Gasteiger partial charge in [0.1, 0.15) is 5.82 Å². The summed E-state index contributed by atoms with van der Waals surface area (Å²) in [6, 6.07) is 7.25. The topological polar surface area (TPSA) is 12.0 Å². The molecule has 4 heteroatoms. The van der Waals surface area contributed by atoms with Gasteiger partial charge in [-0.2, -0.15) is 0 Å². The van der Waals surface area contributed by atoms with Crippen molar-refractivity contribution in [1.29, 1.82) is 0 Å². The van der Waals surface area contributed by atoms with E-state index < -0.39 is 0 Å². The molecule has 2 rings (SSSR count). The normalized spacial score (nSPS) is 12.7. The summed E-state index contributed by atoms with van der Waals surface area (Å²) in [5.41, 5.74) is 1.91. The fraction of sp³-hybridized carbons (Fsp3) is 0.286. The molecule has 96 valence electrons. The molecule has 0 saturated carbocycles. The van der Waals surface area contributed by atoms with E-state index in [1.165, 1.54) is 4.88 Å². The maximum Gasteiger partial charge on any atom is 0.123 e. The van der Waals surface area contributed by atoms with Crippen molar-refractivity contribution in [3.8, 4) is 0 Å². The van der Waals surface area contributed by atoms with Gasteiger partial charge in [-0.15, -0.1) is 11.3 Å². The molecule has 18 heavy (non-hydrogen) atoms. The van der Waals surface area contributed by atoms with Crippen LogP contribution in [0.3, 0.4) is 0 Å². The van der Waals surface area contributed by atoms with E-state index in [1.54, 1.807) is 23.5 Å². The van der Waals surface area contributed by atoms with Gasteiger partial charge in [0, 0.05) is 9.35 Å². The third kappa shape index (κ3) is 2.99. The molecule has 0 bridgehead atoms. The molecule has 0 aliphatic rings. The van der Waals surface area contributed by atoms with Crippen molar-refractivity contribution in [2.75, 3.05) is 6.54 Å². The third-order valence-corrected chi connectivity index (χ3v) is 4.65. The van der Waals surface area contributed by atoms with E-state index in [2.05, 4.69) is 28.2 Å². The first-order chi connectivity index (χ1) is 8.61. The van der Waals surface area contributed by atoms with Gasteiger partial charge in [-0.05, 0) is 64.1 Å². The first-order valence-electron chi connectivity index (χ1n) is 5.85. The van der Waals surface area contributed by atoms with E-state index in [4.69, 9.17) is 0 Å². The van der Waals surface area contributed by atoms with Gasteiger partial charge in [-0.1, -0.05) is 13.0 Å². The molecular formula is C14H15BrFNS. The summed E-state index contributed by atoms with van der Waals surface area (Å²) in [5, 5.41) is 5.45. The Balaban J connectivity index is 2.44. The van der Waals surface area contributed by atoms with E-state index in [1.807, 2.05) is 24.4 Å². The Morgan fingerprint density at radius 3 is 2.72 bits per heavy atom. The van der Waals surface area contributed by atoms with Crippen molar-refractivity contribution in [3.05, 3.63) is 55.9 Å². The Bertz CT molecular complexity index is 518. The van der Waals surface area contributed by atoms with Crippen molar-refractivity contribution < 1.29 is 4.39 Å². The van der Waals surface area contributed by atoms with Gasteiger partial charge in [0.15, 0.2) is 0 Å². The van der Waals surface area contributed by atoms with E-state index in [0.29, 0.717) is 0 Å². The van der Waals surface area contributed by atoms with E-state index in [0.717, 1.165) is 22.1 Å². The second-order valence-corrected chi connectivity index (χ2v) is 5.99. The first kappa shape index (κ1) is 13.7. The van der Waals surface area contributed by atoms with Gasteiger partial charge < -0.3 is 5.32 Å². The molecule has 1 N–H and O–H groups in total. The SMILES string of the molecule is CCNC(c1cc(C)cc(F)c1)c1sccc1Br. The predicted octanol–water partition coefficient (Wildman–Crippen LogP) is 4.66. The second-order valence-electron chi connectivity index (χ2n) is 4.19. The zero-order chi connectivity index (χ0) is 13.1. The minimum atomic E-state index is -0.180. The summed E-state index contributed by atoms with van der Waals surface area (Å²) < 4.78 is 14.6. The van der Waals surface area contributed by atoms with Crippen LogP contribution in [0.4, 0.5) is 4.39 Å². The van der Waals surface area contributed by atoms with Gasteiger partial charge in [0.05, 0.1) is 6.04 Å². The van der Waals surface area contributed by atoms with Crippen LogP contribution in [0.15, 0.2) is 34.1 Å². The molecule has 1 aromatic heterocycles. The molecule has 0 fully saturated rings. The molecule has 1 atom stereocenters. The number of benzene rings is 1. The van der Waals surface area contributed by atoms with Crippen molar-refractivity contribution in [3.63, 3.8) is 0 Å². The molecule has 1 heterocycles. The number of nitrogens with one attached hydrogen (secondary N) is 1. The van der Waals surface area contributed by atoms with Crippen LogP contribution in [0.2, 0.25) is 0 Å². The lowest BCUT2D eigenvalue weighted by atomic mass is 10.0. The monoisotopic (exact) mass is 327 g/mol. The van der Waals surface area contributed by atoms with Crippen LogP contribution < -0.4 is 5.32 Å². The molecule has 0 aliphatic heterocycles. The van der Waals surface area contributed by atoms with Crippen molar-refractivity contribution >= 4 is 27.3 Å². The number of hydrogen-bond acceptors (Lipinski definition) is 2. The predicted molar refractivity (Wildman–Crippen MR) is 78.7 cm³/mol. The van der Waals surface area contributed by atoms with Crippen LogP contribution in [0, 0.1) is 12.7 Å². The fourth-order valence-corrected chi connectivity index (χ4v) is 3.71. The van der Waals surface area contributed by atoms with Crippen LogP contribution in [0.25, 0.3) is 0 Å². The van der Waals surface area contributed by atoms with E-state index >= 15 is 0 Å². The molecule has 0 amide bonds. The highest BCUT2D eigenvalue weighted by molar-refractivity contribution is 9.10. The molecule has 0 spiro atoms. The largest absolute Gasteiger partial charge is 0.306 e. The van der Waals surface area contributed by atoms with E-state index in [9.17, 15) is 4.39 Å². The lowest BCUT2D eigenvalue weighted by molar-refractivity contribution is 0.605. The molecule has 0 radical (unpaired) electrons. The summed E-state index contributed by atoms with van der Waals surface area (Å²) in [4.78, 5) is 1.18. The maximum absolute atomic E-state index is 13.5. The minimum absolute atomic E-state index is 0.0405. The highest BCUT2D eigenvalue weighted by Crippen LogP contribution is 2.33. The van der Waals surface area contributed by atoms with Crippen molar-refractivity contribution in [2.24, 2.45) is 0 Å². The summed E-state index contributed by atoms with van der Waals surface area (Å²) in [6.45, 7) is 4.81. The number of hydrogen-bond donors (Lipinski definition) is 1. The standard InChI is InChI=1S/C14H15BrFNS/c1-3-17-13(14-12(15)4-5-18-14)10-6-9(2)7-11(16)8-10/h4-8,13,17H,3H2,1-2H3. The van der Waals surface area contributed by atoms with E-state index in [-0.39, 0.29) is 11.9 Å².